The van der Waals surface area contributed by atoms with Crippen LogP contribution in [-0.4, -0.2) is 29.2 Å². The number of unbranched alkanes of at least 4 members (excludes halogenated alkanes) is 3. The number of allylic oxidation sites excluding steroid dienone is 11. The molecule has 0 aliphatic carbocycles. The summed E-state index contributed by atoms with van der Waals surface area (Å²) in [5, 5.41) is 12.3. The molecular weight excluding hydrogens is 527 g/mol. The molecule has 0 aliphatic rings. The standard InChI is InChI=1S/C33H40ClFN2O3/c1-4-30(34)21-18-26(2)14-11-12-24-37-33(40)29(15-9-7-5-6-8-10-17-32(38)39)16-13-25-36-27(3)28-19-22-31(35)23-20-28/h4-5,7,9,13-16,18-23,25H,6,8,10-12,17,24H2,1-3H3,(H,37,40)(H,38,39)/b7-5+,15-9+,21-18-,25-13+,26-14+,29-16+,30-4+,36-27?. The van der Waals surface area contributed by atoms with Crippen molar-refractivity contribution in [2.24, 2.45) is 4.99 Å². The van der Waals surface area contributed by atoms with Crippen molar-refractivity contribution in [1.82, 2.24) is 5.32 Å². The Kier molecular flexibility index (Phi) is 18.1. The number of carboxylic acid groups (broad SMARTS) is 1. The Labute approximate surface area is 242 Å². The quantitative estimate of drug-likeness (QED) is 0.0860. The zero-order chi connectivity index (χ0) is 29.6. The van der Waals surface area contributed by atoms with Crippen molar-refractivity contribution in [2.45, 2.75) is 59.3 Å². The number of carboxylic acids is 1. The third-order valence-corrected chi connectivity index (χ3v) is 5.95. The number of nitrogens with one attached hydrogen (secondary N) is 1. The minimum absolute atomic E-state index is 0.169. The molecule has 0 heterocycles. The molecule has 2 N–H and O–H groups in total. The van der Waals surface area contributed by atoms with Gasteiger partial charge < -0.3 is 10.4 Å². The van der Waals surface area contributed by atoms with Crippen molar-refractivity contribution >= 4 is 29.2 Å². The van der Waals surface area contributed by atoms with Gasteiger partial charge in [-0.25, -0.2) is 4.39 Å². The van der Waals surface area contributed by atoms with Crippen LogP contribution in [0.3, 0.4) is 0 Å². The third kappa shape index (κ3) is 16.9. The van der Waals surface area contributed by atoms with Gasteiger partial charge in [-0.05, 0) is 94.9 Å². The second kappa shape index (κ2) is 21.1. The predicted molar refractivity (Wildman–Crippen MR) is 165 cm³/mol. The van der Waals surface area contributed by atoms with E-state index >= 15 is 0 Å². The maximum atomic E-state index is 13.1. The summed E-state index contributed by atoms with van der Waals surface area (Å²) in [5.74, 6) is -1.29. The van der Waals surface area contributed by atoms with Gasteiger partial charge in [0, 0.05) is 35.5 Å². The number of rotatable bonds is 17. The van der Waals surface area contributed by atoms with Gasteiger partial charge in [-0.15, -0.1) is 0 Å². The lowest BCUT2D eigenvalue weighted by atomic mass is 10.1. The molecule has 214 valence electrons. The summed E-state index contributed by atoms with van der Waals surface area (Å²) in [6, 6.07) is 6.10. The molecule has 0 atom stereocenters. The van der Waals surface area contributed by atoms with Gasteiger partial charge in [0.15, 0.2) is 0 Å². The number of hydrogen-bond acceptors (Lipinski definition) is 3. The van der Waals surface area contributed by atoms with Gasteiger partial charge in [-0.2, -0.15) is 0 Å². The maximum Gasteiger partial charge on any atom is 0.303 e. The molecule has 0 aliphatic heterocycles. The van der Waals surface area contributed by atoms with Crippen LogP contribution in [0.2, 0.25) is 0 Å². The lowest BCUT2D eigenvalue weighted by molar-refractivity contribution is -0.137. The first-order chi connectivity index (χ1) is 19.2. The van der Waals surface area contributed by atoms with Crippen LogP contribution < -0.4 is 5.32 Å². The van der Waals surface area contributed by atoms with E-state index in [9.17, 15) is 14.0 Å². The molecule has 0 bridgehead atoms. The molecule has 1 aromatic carbocycles. The highest BCUT2D eigenvalue weighted by molar-refractivity contribution is 6.31. The second-order valence-electron chi connectivity index (χ2n) is 8.96. The van der Waals surface area contributed by atoms with Gasteiger partial charge in [-0.3, -0.25) is 14.6 Å². The van der Waals surface area contributed by atoms with Crippen LogP contribution in [-0.2, 0) is 9.59 Å². The molecule has 7 heteroatoms. The van der Waals surface area contributed by atoms with E-state index in [4.69, 9.17) is 16.7 Å². The van der Waals surface area contributed by atoms with E-state index < -0.39 is 5.97 Å². The number of amides is 1. The normalized spacial score (nSPS) is 13.8. The molecule has 0 fully saturated rings. The van der Waals surface area contributed by atoms with Crippen molar-refractivity contribution in [3.8, 4) is 0 Å². The largest absolute Gasteiger partial charge is 0.481 e. The molecule has 1 amide bonds. The average molecular weight is 567 g/mol. The van der Waals surface area contributed by atoms with Gasteiger partial charge in [0.25, 0.3) is 5.91 Å². The minimum atomic E-state index is -0.785. The zero-order valence-electron chi connectivity index (χ0n) is 23.6. The number of carbonyl (C=O) groups is 2. The minimum Gasteiger partial charge on any atom is -0.481 e. The fourth-order valence-electron chi connectivity index (χ4n) is 3.26. The van der Waals surface area contributed by atoms with E-state index in [0.717, 1.165) is 42.5 Å². The van der Waals surface area contributed by atoms with Gasteiger partial charge in [0.2, 0.25) is 0 Å². The third-order valence-electron chi connectivity index (χ3n) is 5.60. The van der Waals surface area contributed by atoms with Crippen molar-refractivity contribution in [3.63, 3.8) is 0 Å². The highest BCUT2D eigenvalue weighted by atomic mass is 35.5. The smallest absolute Gasteiger partial charge is 0.303 e. The van der Waals surface area contributed by atoms with E-state index in [1.54, 1.807) is 42.6 Å². The fourth-order valence-corrected chi connectivity index (χ4v) is 3.32. The Morgan fingerprint density at radius 2 is 1.75 bits per heavy atom. The van der Waals surface area contributed by atoms with Crippen LogP contribution in [0.25, 0.3) is 0 Å². The maximum absolute atomic E-state index is 13.1. The van der Waals surface area contributed by atoms with Gasteiger partial charge in [-0.1, -0.05) is 65.8 Å². The number of nitrogens with zero attached hydrogens (tertiary/aromatic N) is 1. The molecule has 0 saturated carbocycles. The second-order valence-corrected chi connectivity index (χ2v) is 9.40. The first kappa shape index (κ1) is 34.3. The Bertz CT molecular complexity index is 1190. The summed E-state index contributed by atoms with van der Waals surface area (Å²) in [5.41, 5.74) is 3.11. The molecular formula is C33H40ClFN2O3. The molecule has 1 aromatic rings. The van der Waals surface area contributed by atoms with Crippen molar-refractivity contribution < 1.29 is 19.1 Å². The Morgan fingerprint density at radius 3 is 2.45 bits per heavy atom. The lowest BCUT2D eigenvalue weighted by Crippen LogP contribution is -2.25. The summed E-state index contributed by atoms with van der Waals surface area (Å²) in [6.45, 7) is 6.24. The first-order valence-corrected chi connectivity index (χ1v) is 13.8. The first-order valence-electron chi connectivity index (χ1n) is 13.4. The van der Waals surface area contributed by atoms with Crippen LogP contribution in [0.15, 0.2) is 112 Å². The topological polar surface area (TPSA) is 78.8 Å². The number of benzene rings is 1. The van der Waals surface area contributed by atoms with Crippen LogP contribution in [0.5, 0.6) is 0 Å². The van der Waals surface area contributed by atoms with Crippen molar-refractivity contribution in [2.75, 3.05) is 6.54 Å². The Morgan fingerprint density at radius 1 is 1.00 bits per heavy atom. The van der Waals surface area contributed by atoms with E-state index in [1.165, 1.54) is 12.1 Å². The van der Waals surface area contributed by atoms with Gasteiger partial charge >= 0.3 is 5.97 Å². The number of halogens is 2. The molecule has 0 radical (unpaired) electrons. The number of aliphatic carboxylic acids is 1. The lowest BCUT2D eigenvalue weighted by Gasteiger charge is -2.05. The van der Waals surface area contributed by atoms with Crippen LogP contribution in [0.1, 0.15) is 64.9 Å². The summed E-state index contributed by atoms with van der Waals surface area (Å²) in [7, 11) is 0. The SMILES string of the molecule is C\C=C(Cl)/C=C\C(C)=C\CCCNC(=O)C(/C=C/C=C/CCCCC(=O)O)=C/C=C/N=C(C)c1ccc(F)cc1. The molecule has 5 nitrogen and oxygen atoms in total. The summed E-state index contributed by atoms with van der Waals surface area (Å²) in [4.78, 5) is 27.8. The highest BCUT2D eigenvalue weighted by Gasteiger charge is 2.04. The fraction of sp³-hybridized carbons (Fsp3) is 0.303. The van der Waals surface area contributed by atoms with Gasteiger partial charge in [0.1, 0.15) is 5.82 Å². The number of aliphatic imine (C=N–C) groups is 1. The average Bonchev–Trinajstić information content (AvgIpc) is 2.93. The summed E-state index contributed by atoms with van der Waals surface area (Å²) in [6.07, 6.45) is 24.0. The number of carbonyl (C=O) groups excluding carboxylic acids is 1. The molecule has 0 unspecified atom stereocenters. The molecule has 0 aromatic heterocycles. The Balaban J connectivity index is 2.78. The van der Waals surface area contributed by atoms with Crippen LogP contribution >= 0.6 is 11.6 Å². The van der Waals surface area contributed by atoms with Gasteiger partial charge in [0.05, 0.1) is 0 Å². The number of hydrogen-bond donors (Lipinski definition) is 2. The molecule has 0 saturated heterocycles. The highest BCUT2D eigenvalue weighted by Crippen LogP contribution is 2.08. The van der Waals surface area contributed by atoms with E-state index in [-0.39, 0.29) is 18.1 Å². The molecule has 1 rings (SSSR count). The molecule has 40 heavy (non-hydrogen) atoms. The predicted octanol–water partition coefficient (Wildman–Crippen LogP) is 8.37. The van der Waals surface area contributed by atoms with Crippen molar-refractivity contribution in [1.29, 1.82) is 0 Å². The monoisotopic (exact) mass is 566 g/mol. The van der Waals surface area contributed by atoms with Crippen LogP contribution in [0.4, 0.5) is 4.39 Å². The summed E-state index contributed by atoms with van der Waals surface area (Å²) >= 11 is 5.98. The summed E-state index contributed by atoms with van der Waals surface area (Å²) < 4.78 is 13.1. The van der Waals surface area contributed by atoms with E-state index in [1.807, 2.05) is 51.2 Å². The Hall–Kier alpha value is -3.77. The van der Waals surface area contributed by atoms with Crippen molar-refractivity contribution in [3.05, 3.63) is 119 Å². The van der Waals surface area contributed by atoms with Crippen LogP contribution in [0, 0.1) is 5.82 Å². The van der Waals surface area contributed by atoms with E-state index in [2.05, 4.69) is 16.4 Å². The van der Waals surface area contributed by atoms with E-state index in [0.29, 0.717) is 23.6 Å². The zero-order valence-corrected chi connectivity index (χ0v) is 24.3. The molecule has 0 spiro atoms.